The molecule has 1 aliphatic heterocycles. The molecular weight excluding hydrogens is 500 g/mol. The lowest BCUT2D eigenvalue weighted by Crippen LogP contribution is -2.48. The molecule has 3 N–H and O–H groups in total. The number of aromatic amines is 1. The molecule has 0 atom stereocenters. The first-order valence-electron chi connectivity index (χ1n) is 12.8. The summed E-state index contributed by atoms with van der Waals surface area (Å²) in [6.07, 6.45) is 4.00. The van der Waals surface area contributed by atoms with Gasteiger partial charge in [-0.1, -0.05) is 6.07 Å². The number of hydrogen-bond donors (Lipinski definition) is 3. The highest BCUT2D eigenvalue weighted by molar-refractivity contribution is 5.99. The van der Waals surface area contributed by atoms with Gasteiger partial charge >= 0.3 is 0 Å². The first-order valence-corrected chi connectivity index (χ1v) is 12.8. The molecule has 3 aromatic heterocycles. The van der Waals surface area contributed by atoms with E-state index >= 15 is 0 Å². The van der Waals surface area contributed by atoms with E-state index in [4.69, 9.17) is 28.6 Å². The van der Waals surface area contributed by atoms with Crippen LogP contribution in [0.4, 0.5) is 11.6 Å². The number of rotatable bonds is 8. The topological polar surface area (TPSA) is 136 Å². The van der Waals surface area contributed by atoms with Gasteiger partial charge in [0.2, 0.25) is 11.8 Å². The monoisotopic (exact) mass is 526 g/mol. The third-order valence-corrected chi connectivity index (χ3v) is 6.79. The van der Waals surface area contributed by atoms with Gasteiger partial charge in [0.05, 0.1) is 37.4 Å². The molecule has 1 aliphatic carbocycles. The van der Waals surface area contributed by atoms with Crippen LogP contribution in [0.1, 0.15) is 29.1 Å². The van der Waals surface area contributed by atoms with Gasteiger partial charge in [-0.15, -0.1) is 0 Å². The molecular formula is C28H26N6O5. The first-order chi connectivity index (χ1) is 19.0. The van der Waals surface area contributed by atoms with E-state index in [2.05, 4.69) is 20.6 Å². The molecule has 0 spiro atoms. The average Bonchev–Trinajstić information content (AvgIpc) is 3.48. The number of aromatic nitrogens is 4. The van der Waals surface area contributed by atoms with Gasteiger partial charge in [-0.2, -0.15) is 9.97 Å². The van der Waals surface area contributed by atoms with Crippen molar-refractivity contribution in [3.63, 3.8) is 0 Å². The van der Waals surface area contributed by atoms with E-state index < -0.39 is 0 Å². The molecule has 0 bridgehead atoms. The first kappa shape index (κ1) is 23.5. The van der Waals surface area contributed by atoms with Gasteiger partial charge in [0.1, 0.15) is 23.0 Å². The van der Waals surface area contributed by atoms with E-state index in [1.54, 1.807) is 25.3 Å². The summed E-state index contributed by atoms with van der Waals surface area (Å²) >= 11 is 0. The molecule has 1 saturated heterocycles. The summed E-state index contributed by atoms with van der Waals surface area (Å²) in [4.78, 5) is 29.7. The number of carbonyl (C=O) groups is 1. The minimum Gasteiger partial charge on any atom is -0.495 e. The van der Waals surface area contributed by atoms with Crippen LogP contribution >= 0.6 is 0 Å². The maximum absolute atomic E-state index is 12.6. The molecule has 11 heteroatoms. The largest absolute Gasteiger partial charge is 0.495 e. The number of fused-ring (bicyclic) bond motifs is 2. The van der Waals surface area contributed by atoms with Crippen molar-refractivity contribution < 1.29 is 23.4 Å². The molecule has 2 fully saturated rings. The highest BCUT2D eigenvalue weighted by Gasteiger charge is 2.27. The molecule has 2 aromatic carbocycles. The van der Waals surface area contributed by atoms with Gasteiger partial charge in [-0.3, -0.25) is 4.79 Å². The number of ether oxygens (including phenoxy) is 3. The van der Waals surface area contributed by atoms with E-state index in [0.717, 1.165) is 34.9 Å². The fourth-order valence-corrected chi connectivity index (χ4v) is 4.56. The van der Waals surface area contributed by atoms with Gasteiger partial charge in [0, 0.05) is 24.2 Å². The summed E-state index contributed by atoms with van der Waals surface area (Å²) in [5, 5.41) is 6.96. The molecule has 0 radical (unpaired) electrons. The average molecular weight is 527 g/mol. The molecule has 5 aromatic rings. The van der Waals surface area contributed by atoms with Crippen molar-refractivity contribution in [3.05, 3.63) is 54.0 Å². The Morgan fingerprint density at radius 2 is 1.97 bits per heavy atom. The van der Waals surface area contributed by atoms with Crippen molar-refractivity contribution in [2.75, 3.05) is 25.6 Å². The summed E-state index contributed by atoms with van der Waals surface area (Å²) in [6.45, 7) is 2.89. The Balaban J connectivity index is 1.22. The third-order valence-electron chi connectivity index (χ3n) is 6.79. The minimum atomic E-state index is -0.177. The van der Waals surface area contributed by atoms with Gasteiger partial charge in [0.25, 0.3) is 5.91 Å². The number of amides is 1. The molecule has 4 heterocycles. The maximum Gasteiger partial charge on any atom is 0.251 e. The second kappa shape index (κ2) is 9.28. The molecule has 2 aliphatic rings. The number of oxazole rings is 1. The van der Waals surface area contributed by atoms with E-state index in [1.165, 1.54) is 0 Å². The maximum atomic E-state index is 12.6. The fourth-order valence-electron chi connectivity index (χ4n) is 4.56. The summed E-state index contributed by atoms with van der Waals surface area (Å²) < 4.78 is 22.7. The van der Waals surface area contributed by atoms with Crippen LogP contribution in [-0.2, 0) is 4.74 Å². The zero-order valence-electron chi connectivity index (χ0n) is 21.4. The number of carbonyl (C=O) groups excluding carboxylic acids is 1. The Morgan fingerprint density at radius 3 is 2.74 bits per heavy atom. The van der Waals surface area contributed by atoms with E-state index in [9.17, 15) is 4.79 Å². The molecule has 198 valence electrons. The van der Waals surface area contributed by atoms with Gasteiger partial charge in [-0.05, 0) is 48.7 Å². The molecule has 11 nitrogen and oxygen atoms in total. The normalized spacial score (nSPS) is 15.3. The van der Waals surface area contributed by atoms with Crippen LogP contribution in [0.2, 0.25) is 0 Å². The number of H-pyrrole nitrogens is 1. The quantitative estimate of drug-likeness (QED) is 0.267. The van der Waals surface area contributed by atoms with Crippen LogP contribution in [0.5, 0.6) is 11.6 Å². The second-order valence-corrected chi connectivity index (χ2v) is 9.76. The Hall–Kier alpha value is -4.64. The number of nitrogens with one attached hydrogen (secondary N) is 3. The zero-order valence-corrected chi connectivity index (χ0v) is 21.4. The molecule has 1 saturated carbocycles. The number of anilines is 2. The van der Waals surface area contributed by atoms with Crippen molar-refractivity contribution in [2.24, 2.45) is 0 Å². The number of aryl methyl sites for hydroxylation is 1. The Bertz CT molecular complexity index is 1720. The summed E-state index contributed by atoms with van der Waals surface area (Å²) in [5.41, 5.74) is 5.12. The van der Waals surface area contributed by atoms with Gasteiger partial charge in [-0.25, -0.2) is 4.98 Å². The van der Waals surface area contributed by atoms with E-state index in [1.807, 2.05) is 31.3 Å². The SMILES string of the molecule is COc1cc(C(=O)NC2COC2)ccc1Nc1nc(OC2CC2)c2c(-c3ccc4nc(C)oc4c3)c[nH]c2n1. The van der Waals surface area contributed by atoms with Crippen LogP contribution in [0.3, 0.4) is 0 Å². The van der Waals surface area contributed by atoms with Crippen LogP contribution in [0, 0.1) is 6.92 Å². The number of hydrogen-bond acceptors (Lipinski definition) is 9. The van der Waals surface area contributed by atoms with Gasteiger partial charge < -0.3 is 34.2 Å². The second-order valence-electron chi connectivity index (χ2n) is 9.76. The molecule has 7 rings (SSSR count). The van der Waals surface area contributed by atoms with E-state index in [-0.39, 0.29) is 18.1 Å². The van der Waals surface area contributed by atoms with Gasteiger partial charge in [0.15, 0.2) is 11.5 Å². The van der Waals surface area contributed by atoms with Crippen molar-refractivity contribution in [3.8, 4) is 22.8 Å². The standard InChI is InChI=1S/C28H26N6O5/c1-14-30-21-7-3-15(9-23(21)38-14)19-11-29-25-24(19)27(39-18-5-6-18)34-28(33-25)32-20-8-4-16(10-22(20)36-2)26(35)31-17-12-37-13-17/h3-4,7-11,17-18H,5-6,12-13H2,1-2H3,(H,31,35)(H2,29,32,33,34). The smallest absolute Gasteiger partial charge is 0.251 e. The lowest BCUT2D eigenvalue weighted by atomic mass is 10.1. The van der Waals surface area contributed by atoms with Crippen molar-refractivity contribution in [2.45, 2.75) is 31.9 Å². The van der Waals surface area contributed by atoms with Crippen molar-refractivity contribution >= 4 is 39.7 Å². The number of benzene rings is 2. The minimum absolute atomic E-state index is 0.0405. The lowest BCUT2D eigenvalue weighted by Gasteiger charge is -2.26. The fraction of sp³-hybridized carbons (Fsp3) is 0.286. The van der Waals surface area contributed by atoms with Crippen molar-refractivity contribution in [1.82, 2.24) is 25.3 Å². The summed E-state index contributed by atoms with van der Waals surface area (Å²) in [7, 11) is 1.55. The molecule has 39 heavy (non-hydrogen) atoms. The Kier molecular flexibility index (Phi) is 5.58. The number of methoxy groups -OCH3 is 1. The van der Waals surface area contributed by atoms with E-state index in [0.29, 0.717) is 59.2 Å². The van der Waals surface area contributed by atoms with Crippen LogP contribution in [-0.4, -0.2) is 58.3 Å². The Labute approximate surface area is 222 Å². The van der Waals surface area contributed by atoms with Crippen LogP contribution in [0.25, 0.3) is 33.3 Å². The number of nitrogens with zero attached hydrogens (tertiary/aromatic N) is 3. The molecule has 0 unspecified atom stereocenters. The predicted octanol–water partition coefficient (Wildman–Crippen LogP) is 4.50. The zero-order chi connectivity index (χ0) is 26.5. The summed E-state index contributed by atoms with van der Waals surface area (Å²) in [6, 6.07) is 11.1. The lowest BCUT2D eigenvalue weighted by molar-refractivity contribution is -0.00346. The Morgan fingerprint density at radius 1 is 1.10 bits per heavy atom. The van der Waals surface area contributed by atoms with Crippen molar-refractivity contribution in [1.29, 1.82) is 0 Å². The molecule has 1 amide bonds. The predicted molar refractivity (Wildman–Crippen MR) is 144 cm³/mol. The van der Waals surface area contributed by atoms with Crippen LogP contribution in [0.15, 0.2) is 47.0 Å². The highest BCUT2D eigenvalue weighted by Crippen LogP contribution is 2.39. The third kappa shape index (κ3) is 4.50. The highest BCUT2D eigenvalue weighted by atomic mass is 16.5. The summed E-state index contributed by atoms with van der Waals surface area (Å²) in [5.74, 6) is 1.77. The van der Waals surface area contributed by atoms with Crippen LogP contribution < -0.4 is 20.1 Å².